The quantitative estimate of drug-likeness (QED) is 0.294. The lowest BCUT2D eigenvalue weighted by atomic mass is 10.0. The zero-order chi connectivity index (χ0) is 19.4. The van der Waals surface area contributed by atoms with Crippen LogP contribution in [0, 0.1) is 0 Å². The summed E-state index contributed by atoms with van der Waals surface area (Å²) in [5.74, 6) is 0.792. The third-order valence-electron chi connectivity index (χ3n) is 5.43. The number of aromatic nitrogens is 5. The minimum Gasteiger partial charge on any atom is -0.259 e. The summed E-state index contributed by atoms with van der Waals surface area (Å²) in [5.41, 5.74) is 6.98. The maximum absolute atomic E-state index is 5.12. The first-order chi connectivity index (χ1) is 14.3. The molecule has 0 unspecified atom stereocenters. The van der Waals surface area contributed by atoms with E-state index >= 15 is 0 Å². The third-order valence-corrected chi connectivity index (χ3v) is 7.44. The molecule has 0 N–H and O–H groups in total. The molecule has 0 amide bonds. The topological polar surface area (TPSA) is 56.0 Å². The monoisotopic (exact) mass is 415 g/mol. The smallest absolute Gasteiger partial charge is 0.197 e. The van der Waals surface area contributed by atoms with E-state index in [0.717, 1.165) is 50.1 Å². The highest BCUT2D eigenvalue weighted by Crippen LogP contribution is 2.42. The van der Waals surface area contributed by atoms with Gasteiger partial charge in [0.2, 0.25) is 0 Å². The second-order valence-electron chi connectivity index (χ2n) is 7.12. The van der Waals surface area contributed by atoms with Crippen molar-refractivity contribution in [3.63, 3.8) is 0 Å². The standard InChI is InChI=1S/C22H17N5S2/c1-2-11-28-22-26-25-20-19-18(23-12-27(20)22)16-14-9-6-10-15(14)17(24-21(16)29-19)13-7-4-3-5-8-13/h2-5,7-8,12H,1,6,9-11H2. The third kappa shape index (κ3) is 2.54. The van der Waals surface area contributed by atoms with Crippen LogP contribution in [0.25, 0.3) is 37.3 Å². The summed E-state index contributed by atoms with van der Waals surface area (Å²) in [5, 5.41) is 10.9. The van der Waals surface area contributed by atoms with Crippen LogP contribution in [0.4, 0.5) is 0 Å². The van der Waals surface area contributed by atoms with Crippen molar-refractivity contribution in [1.82, 2.24) is 24.6 Å². The molecule has 0 saturated heterocycles. The molecule has 142 valence electrons. The van der Waals surface area contributed by atoms with Gasteiger partial charge >= 0.3 is 0 Å². The van der Waals surface area contributed by atoms with Gasteiger partial charge in [-0.3, -0.25) is 4.40 Å². The van der Waals surface area contributed by atoms with Gasteiger partial charge in [0, 0.05) is 16.7 Å². The Morgan fingerprint density at radius 1 is 1.14 bits per heavy atom. The lowest BCUT2D eigenvalue weighted by molar-refractivity contribution is 0.908. The maximum atomic E-state index is 5.12. The first-order valence-electron chi connectivity index (χ1n) is 9.62. The van der Waals surface area contributed by atoms with E-state index in [1.54, 1.807) is 23.1 Å². The molecular weight excluding hydrogens is 398 g/mol. The van der Waals surface area contributed by atoms with Crippen molar-refractivity contribution in [2.45, 2.75) is 24.4 Å². The highest BCUT2D eigenvalue weighted by Gasteiger charge is 2.25. The Hall–Kier alpha value is -2.77. The normalized spacial score (nSPS) is 13.5. The van der Waals surface area contributed by atoms with Gasteiger partial charge in [0.05, 0.1) is 11.2 Å². The number of pyridine rings is 1. The fraction of sp³-hybridized carbons (Fsp3) is 0.182. The van der Waals surface area contributed by atoms with E-state index in [4.69, 9.17) is 9.97 Å². The highest BCUT2D eigenvalue weighted by atomic mass is 32.2. The lowest BCUT2D eigenvalue weighted by Gasteiger charge is -2.09. The number of rotatable bonds is 4. The molecule has 5 nitrogen and oxygen atoms in total. The average molecular weight is 416 g/mol. The summed E-state index contributed by atoms with van der Waals surface area (Å²) in [4.78, 5) is 11.0. The Morgan fingerprint density at radius 2 is 2.00 bits per heavy atom. The van der Waals surface area contributed by atoms with Crippen molar-refractivity contribution in [3.8, 4) is 11.3 Å². The number of nitrogens with zero attached hydrogens (tertiary/aromatic N) is 5. The largest absolute Gasteiger partial charge is 0.259 e. The van der Waals surface area contributed by atoms with Gasteiger partial charge in [-0.05, 0) is 30.4 Å². The molecule has 0 atom stereocenters. The van der Waals surface area contributed by atoms with Gasteiger partial charge in [-0.2, -0.15) is 0 Å². The fourth-order valence-corrected chi connectivity index (χ4v) is 5.98. The molecule has 4 heterocycles. The molecule has 29 heavy (non-hydrogen) atoms. The van der Waals surface area contributed by atoms with Crippen LogP contribution in [-0.2, 0) is 12.8 Å². The van der Waals surface area contributed by atoms with Gasteiger partial charge in [-0.1, -0.05) is 48.2 Å². The van der Waals surface area contributed by atoms with E-state index in [2.05, 4.69) is 47.1 Å². The predicted molar refractivity (Wildman–Crippen MR) is 120 cm³/mol. The molecule has 0 radical (unpaired) electrons. The van der Waals surface area contributed by atoms with Gasteiger partial charge in [0.1, 0.15) is 15.9 Å². The van der Waals surface area contributed by atoms with Crippen molar-refractivity contribution < 1.29 is 0 Å². The Bertz CT molecular complexity index is 1400. The number of aryl methyl sites for hydroxylation is 1. The number of benzene rings is 1. The van der Waals surface area contributed by atoms with Crippen molar-refractivity contribution in [2.24, 2.45) is 0 Å². The van der Waals surface area contributed by atoms with Gasteiger partial charge in [-0.25, -0.2) is 9.97 Å². The van der Waals surface area contributed by atoms with Crippen LogP contribution in [0.5, 0.6) is 0 Å². The van der Waals surface area contributed by atoms with Crippen molar-refractivity contribution in [1.29, 1.82) is 0 Å². The van der Waals surface area contributed by atoms with Crippen LogP contribution in [0.2, 0.25) is 0 Å². The van der Waals surface area contributed by atoms with Crippen molar-refractivity contribution >= 4 is 49.2 Å². The predicted octanol–water partition coefficient (Wildman–Crippen LogP) is 5.32. The first kappa shape index (κ1) is 17.1. The molecule has 0 spiro atoms. The highest BCUT2D eigenvalue weighted by molar-refractivity contribution is 7.99. The SMILES string of the molecule is C=CCSc1nnc2c3sc4nc(-c5ccccc5)c5c(c4c3ncn12)CCC5. The second kappa shape index (κ2) is 6.64. The van der Waals surface area contributed by atoms with E-state index in [1.165, 1.54) is 28.5 Å². The molecule has 7 heteroatoms. The van der Waals surface area contributed by atoms with Gasteiger partial charge in [0.15, 0.2) is 10.8 Å². The van der Waals surface area contributed by atoms with E-state index in [1.807, 2.05) is 16.8 Å². The molecule has 0 fully saturated rings. The summed E-state index contributed by atoms with van der Waals surface area (Å²) in [6, 6.07) is 10.5. The van der Waals surface area contributed by atoms with E-state index < -0.39 is 0 Å². The van der Waals surface area contributed by atoms with Gasteiger partial charge in [0.25, 0.3) is 0 Å². The van der Waals surface area contributed by atoms with Crippen LogP contribution in [0.15, 0.2) is 54.5 Å². The fourth-order valence-electron chi connectivity index (χ4n) is 4.20. The zero-order valence-electron chi connectivity index (χ0n) is 15.6. The molecule has 0 bridgehead atoms. The van der Waals surface area contributed by atoms with Crippen molar-refractivity contribution in [2.75, 3.05) is 5.75 Å². The number of thiophene rings is 1. The Labute approximate surface area is 175 Å². The zero-order valence-corrected chi connectivity index (χ0v) is 17.3. The Kier molecular flexibility index (Phi) is 3.92. The van der Waals surface area contributed by atoms with Crippen LogP contribution < -0.4 is 0 Å². The van der Waals surface area contributed by atoms with Crippen LogP contribution in [-0.4, -0.2) is 30.3 Å². The second-order valence-corrected chi connectivity index (χ2v) is 9.10. The van der Waals surface area contributed by atoms with E-state index in [9.17, 15) is 0 Å². The molecule has 6 rings (SSSR count). The molecule has 5 aromatic rings. The average Bonchev–Trinajstić information content (AvgIpc) is 3.47. The Morgan fingerprint density at radius 3 is 2.86 bits per heavy atom. The first-order valence-corrected chi connectivity index (χ1v) is 11.4. The minimum atomic E-state index is 0.792. The number of fused-ring (bicyclic) bond motifs is 7. The van der Waals surface area contributed by atoms with Crippen LogP contribution >= 0.6 is 23.1 Å². The molecule has 0 aliphatic heterocycles. The molecular formula is C22H17N5S2. The molecule has 4 aromatic heterocycles. The van der Waals surface area contributed by atoms with Gasteiger partial charge < -0.3 is 0 Å². The molecule has 0 saturated carbocycles. The summed E-state index contributed by atoms with van der Waals surface area (Å²) in [6.07, 6.45) is 7.05. The van der Waals surface area contributed by atoms with Crippen LogP contribution in [0.1, 0.15) is 17.5 Å². The number of hydrogen-bond acceptors (Lipinski definition) is 6. The summed E-state index contributed by atoms with van der Waals surface area (Å²) < 4.78 is 3.04. The summed E-state index contributed by atoms with van der Waals surface area (Å²) >= 11 is 3.29. The van der Waals surface area contributed by atoms with E-state index in [0.29, 0.717) is 0 Å². The minimum absolute atomic E-state index is 0.792. The maximum Gasteiger partial charge on any atom is 0.197 e. The number of hydrogen-bond donors (Lipinski definition) is 0. The van der Waals surface area contributed by atoms with E-state index in [-0.39, 0.29) is 0 Å². The van der Waals surface area contributed by atoms with Crippen LogP contribution in [0.3, 0.4) is 0 Å². The summed E-state index contributed by atoms with van der Waals surface area (Å²) in [6.45, 7) is 3.79. The summed E-state index contributed by atoms with van der Waals surface area (Å²) in [7, 11) is 0. The lowest BCUT2D eigenvalue weighted by Crippen LogP contribution is -1.94. The van der Waals surface area contributed by atoms with Crippen molar-refractivity contribution in [3.05, 3.63) is 60.4 Å². The molecule has 1 aromatic carbocycles. The van der Waals surface area contributed by atoms with Gasteiger partial charge in [-0.15, -0.1) is 28.1 Å². The number of thioether (sulfide) groups is 1. The Balaban J connectivity index is 1.65. The molecule has 1 aliphatic rings. The molecule has 1 aliphatic carbocycles.